The average Bonchev–Trinajstić information content (AvgIpc) is 3.01. The Kier molecular flexibility index (Phi) is 7.88. The van der Waals surface area contributed by atoms with Crippen molar-refractivity contribution in [2.75, 3.05) is 19.6 Å². The zero-order valence-electron chi connectivity index (χ0n) is 19.0. The van der Waals surface area contributed by atoms with Gasteiger partial charge in [0.2, 0.25) is 5.91 Å². The fourth-order valence-corrected chi connectivity index (χ4v) is 4.50. The van der Waals surface area contributed by atoms with Crippen LogP contribution < -0.4 is 10.6 Å². The first-order valence-corrected chi connectivity index (χ1v) is 11.6. The van der Waals surface area contributed by atoms with Gasteiger partial charge >= 0.3 is 6.09 Å². The molecule has 4 rings (SSSR count). The van der Waals surface area contributed by atoms with Crippen LogP contribution in [0.4, 0.5) is 4.79 Å². The number of amides is 2. The molecule has 2 amide bonds. The van der Waals surface area contributed by atoms with Gasteiger partial charge in [0.05, 0.1) is 6.04 Å². The molecule has 0 bridgehead atoms. The molecule has 176 valence electrons. The van der Waals surface area contributed by atoms with E-state index in [9.17, 15) is 9.59 Å². The molecule has 2 heterocycles. The molecule has 3 N–H and O–H groups in total. The molecule has 0 unspecified atom stereocenters. The molecule has 2 atom stereocenters. The molecule has 1 aromatic heterocycles. The zero-order valence-corrected chi connectivity index (χ0v) is 19.0. The maximum Gasteiger partial charge on any atom is 0.404 e. The van der Waals surface area contributed by atoms with Crippen LogP contribution in [0.1, 0.15) is 29.2 Å². The Morgan fingerprint density at radius 3 is 2.26 bits per heavy atom. The van der Waals surface area contributed by atoms with E-state index < -0.39 is 12.1 Å². The first kappa shape index (κ1) is 23.4. The zero-order chi connectivity index (χ0) is 23.8. The molecular formula is C27H30N4O3. The fraction of sp³-hybridized carbons (Fsp3) is 0.296. The van der Waals surface area contributed by atoms with E-state index in [1.165, 1.54) is 0 Å². The highest BCUT2D eigenvalue weighted by Gasteiger charge is 2.33. The van der Waals surface area contributed by atoms with Gasteiger partial charge in [-0.3, -0.25) is 9.78 Å². The Labute approximate surface area is 199 Å². The Bertz CT molecular complexity index is 1020. The molecule has 1 aliphatic heterocycles. The third-order valence-corrected chi connectivity index (χ3v) is 6.24. The summed E-state index contributed by atoms with van der Waals surface area (Å²) in [5.74, 6) is 0.0517. The summed E-state index contributed by atoms with van der Waals surface area (Å²) in [4.78, 5) is 31.1. The molecule has 1 aliphatic rings. The van der Waals surface area contributed by atoms with Crippen LogP contribution in [0, 0.1) is 0 Å². The summed E-state index contributed by atoms with van der Waals surface area (Å²) in [6.45, 7) is 1.34. The van der Waals surface area contributed by atoms with Crippen molar-refractivity contribution in [3.63, 3.8) is 0 Å². The number of carbonyl (C=O) groups is 2. The van der Waals surface area contributed by atoms with Crippen LogP contribution in [0.5, 0.6) is 0 Å². The highest BCUT2D eigenvalue weighted by Crippen LogP contribution is 2.27. The predicted molar refractivity (Wildman–Crippen MR) is 131 cm³/mol. The Hall–Kier alpha value is -3.71. The summed E-state index contributed by atoms with van der Waals surface area (Å²) in [7, 11) is 0. The highest BCUT2D eigenvalue weighted by molar-refractivity contribution is 5.82. The lowest BCUT2D eigenvalue weighted by atomic mass is 9.90. The van der Waals surface area contributed by atoms with Gasteiger partial charge in [0.25, 0.3) is 0 Å². The Morgan fingerprint density at radius 1 is 1.03 bits per heavy atom. The number of rotatable bonds is 8. The molecule has 0 saturated carbocycles. The number of carbonyl (C=O) groups excluding carboxylic acids is 1. The number of pyridine rings is 1. The van der Waals surface area contributed by atoms with E-state index in [-0.39, 0.29) is 24.4 Å². The fourth-order valence-electron chi connectivity index (χ4n) is 4.50. The van der Waals surface area contributed by atoms with Crippen LogP contribution in [0.3, 0.4) is 0 Å². The molecule has 1 fully saturated rings. The number of benzene rings is 2. The van der Waals surface area contributed by atoms with E-state index in [4.69, 9.17) is 5.11 Å². The minimum Gasteiger partial charge on any atom is -0.465 e. The SMILES string of the molecule is O=C(O)NC[C@H]1CCN(CC(c2ccccc2)c2ccccc2)C(=O)[C@H](Cc2ccccn2)N1. The van der Waals surface area contributed by atoms with Crippen molar-refractivity contribution in [1.82, 2.24) is 20.5 Å². The lowest BCUT2D eigenvalue weighted by Gasteiger charge is -2.29. The second-order valence-corrected chi connectivity index (χ2v) is 8.57. The van der Waals surface area contributed by atoms with Crippen LogP contribution in [0.2, 0.25) is 0 Å². The predicted octanol–water partition coefficient (Wildman–Crippen LogP) is 3.28. The second-order valence-electron chi connectivity index (χ2n) is 8.57. The molecule has 0 aliphatic carbocycles. The molecule has 0 spiro atoms. The summed E-state index contributed by atoms with van der Waals surface area (Å²) in [6.07, 6.45) is 1.75. The maximum absolute atomic E-state index is 13.7. The van der Waals surface area contributed by atoms with Crippen molar-refractivity contribution < 1.29 is 14.7 Å². The van der Waals surface area contributed by atoms with Gasteiger partial charge in [-0.1, -0.05) is 66.7 Å². The Morgan fingerprint density at radius 2 is 1.68 bits per heavy atom. The highest BCUT2D eigenvalue weighted by atomic mass is 16.4. The van der Waals surface area contributed by atoms with Gasteiger partial charge < -0.3 is 20.6 Å². The minimum absolute atomic E-state index is 0.0142. The van der Waals surface area contributed by atoms with Crippen molar-refractivity contribution in [3.8, 4) is 0 Å². The van der Waals surface area contributed by atoms with E-state index in [1.54, 1.807) is 6.20 Å². The van der Waals surface area contributed by atoms with Crippen LogP contribution in [-0.4, -0.2) is 58.7 Å². The number of nitrogens with zero attached hydrogens (tertiary/aromatic N) is 2. The normalized spacial score (nSPS) is 18.5. The summed E-state index contributed by atoms with van der Waals surface area (Å²) in [5.41, 5.74) is 3.14. The summed E-state index contributed by atoms with van der Waals surface area (Å²) in [6, 6.07) is 25.5. The van der Waals surface area contributed by atoms with E-state index >= 15 is 0 Å². The molecule has 2 aromatic carbocycles. The van der Waals surface area contributed by atoms with E-state index in [0.717, 1.165) is 16.8 Å². The van der Waals surface area contributed by atoms with Crippen molar-refractivity contribution in [1.29, 1.82) is 0 Å². The third-order valence-electron chi connectivity index (χ3n) is 6.24. The number of hydrogen-bond acceptors (Lipinski definition) is 4. The molecule has 34 heavy (non-hydrogen) atoms. The standard InChI is InChI=1S/C27H30N4O3/c32-26-25(17-22-13-7-8-15-28-22)30-23(18-29-27(33)34)14-16-31(26)19-24(20-9-3-1-4-10-20)21-11-5-2-6-12-21/h1-13,15,23-25,29-30H,14,16-19H2,(H,33,34)/t23-,25+/m1/s1. The Balaban J connectivity index is 1.59. The summed E-state index contributed by atoms with van der Waals surface area (Å²) >= 11 is 0. The topological polar surface area (TPSA) is 94.6 Å². The van der Waals surface area contributed by atoms with Gasteiger partial charge in [0.15, 0.2) is 0 Å². The number of carboxylic acid groups (broad SMARTS) is 1. The maximum atomic E-state index is 13.7. The molecule has 3 aromatic rings. The monoisotopic (exact) mass is 458 g/mol. The first-order chi connectivity index (χ1) is 16.6. The molecular weight excluding hydrogens is 428 g/mol. The van der Waals surface area contributed by atoms with E-state index in [0.29, 0.717) is 25.9 Å². The van der Waals surface area contributed by atoms with Crippen molar-refractivity contribution in [2.45, 2.75) is 30.8 Å². The van der Waals surface area contributed by atoms with Crippen LogP contribution in [-0.2, 0) is 11.2 Å². The lowest BCUT2D eigenvalue weighted by Crippen LogP contribution is -2.50. The largest absolute Gasteiger partial charge is 0.465 e. The number of aromatic nitrogens is 1. The molecule has 1 saturated heterocycles. The number of hydrogen-bond donors (Lipinski definition) is 3. The third kappa shape index (κ3) is 6.20. The summed E-state index contributed by atoms with van der Waals surface area (Å²) < 4.78 is 0. The minimum atomic E-state index is -1.07. The summed E-state index contributed by atoms with van der Waals surface area (Å²) in [5, 5.41) is 14.9. The van der Waals surface area contributed by atoms with Gasteiger partial charge in [-0.2, -0.15) is 0 Å². The van der Waals surface area contributed by atoms with E-state index in [1.807, 2.05) is 59.5 Å². The van der Waals surface area contributed by atoms with Gasteiger partial charge in [-0.25, -0.2) is 4.79 Å². The van der Waals surface area contributed by atoms with Crippen molar-refractivity contribution in [2.24, 2.45) is 0 Å². The van der Waals surface area contributed by atoms with Crippen LogP contribution in [0.15, 0.2) is 85.1 Å². The quantitative estimate of drug-likeness (QED) is 0.482. The lowest BCUT2D eigenvalue weighted by molar-refractivity contribution is -0.132. The number of nitrogens with one attached hydrogen (secondary N) is 2. The van der Waals surface area contributed by atoms with Crippen LogP contribution in [0.25, 0.3) is 0 Å². The van der Waals surface area contributed by atoms with Gasteiger partial charge in [0.1, 0.15) is 0 Å². The van der Waals surface area contributed by atoms with Gasteiger partial charge in [0, 0.05) is 49.9 Å². The smallest absolute Gasteiger partial charge is 0.404 e. The van der Waals surface area contributed by atoms with E-state index in [2.05, 4.69) is 39.9 Å². The molecule has 0 radical (unpaired) electrons. The van der Waals surface area contributed by atoms with Gasteiger partial charge in [-0.05, 0) is 29.7 Å². The molecule has 7 nitrogen and oxygen atoms in total. The average molecular weight is 459 g/mol. The van der Waals surface area contributed by atoms with Crippen molar-refractivity contribution in [3.05, 3.63) is 102 Å². The van der Waals surface area contributed by atoms with Gasteiger partial charge in [-0.15, -0.1) is 0 Å². The molecule has 7 heteroatoms. The first-order valence-electron chi connectivity index (χ1n) is 11.6. The van der Waals surface area contributed by atoms with Crippen molar-refractivity contribution >= 4 is 12.0 Å². The second kappa shape index (κ2) is 11.4. The van der Waals surface area contributed by atoms with Crippen LogP contribution >= 0.6 is 0 Å².